The summed E-state index contributed by atoms with van der Waals surface area (Å²) in [6.45, 7) is 5.14. The average Bonchev–Trinajstić information content (AvgIpc) is 2.96. The van der Waals surface area contributed by atoms with Crippen molar-refractivity contribution in [3.8, 4) is 0 Å². The second kappa shape index (κ2) is 7.55. The normalized spacial score (nSPS) is 12.9. The molecule has 0 atom stereocenters. The fraction of sp³-hybridized carbons (Fsp3) is 0.375. The number of aryl methyl sites for hydroxylation is 1. The highest BCUT2D eigenvalue weighted by Gasteiger charge is 2.21. The van der Waals surface area contributed by atoms with E-state index in [9.17, 15) is 9.59 Å². The standard InChI is InChI=1S/C16H19N5O2.ClH/c1-9-12(10(2)22)4-3-11(19-9)7-18-16(23)15-13-8-17-6-5-14(13)20-21-15;/h3-4,17H,5-8H2,1-2H3,(H,18,23)(H,20,21);1H. The maximum absolute atomic E-state index is 12.3. The van der Waals surface area contributed by atoms with E-state index in [4.69, 9.17) is 0 Å². The topological polar surface area (TPSA) is 99.8 Å². The molecule has 0 saturated carbocycles. The number of aromatic amines is 1. The van der Waals surface area contributed by atoms with Crippen molar-refractivity contribution in [3.05, 3.63) is 46.0 Å². The molecule has 0 fully saturated rings. The van der Waals surface area contributed by atoms with Gasteiger partial charge in [0.1, 0.15) is 0 Å². The van der Waals surface area contributed by atoms with Gasteiger partial charge in [-0.25, -0.2) is 0 Å². The molecule has 3 heterocycles. The molecule has 0 unspecified atom stereocenters. The molecule has 3 rings (SSSR count). The van der Waals surface area contributed by atoms with Gasteiger partial charge in [0.15, 0.2) is 11.5 Å². The fourth-order valence-electron chi connectivity index (χ4n) is 2.75. The minimum Gasteiger partial charge on any atom is -0.345 e. The lowest BCUT2D eigenvalue weighted by atomic mass is 10.1. The van der Waals surface area contributed by atoms with Crippen molar-refractivity contribution in [1.29, 1.82) is 0 Å². The lowest BCUT2D eigenvalue weighted by Crippen LogP contribution is -2.28. The third-order valence-electron chi connectivity index (χ3n) is 3.97. The van der Waals surface area contributed by atoms with E-state index in [1.165, 1.54) is 6.92 Å². The number of Topliss-reactive ketones (excluding diaryl/α,β-unsaturated/α-hetero) is 1. The quantitative estimate of drug-likeness (QED) is 0.723. The van der Waals surface area contributed by atoms with E-state index in [-0.39, 0.29) is 24.1 Å². The molecule has 2 aromatic rings. The number of nitrogens with one attached hydrogen (secondary N) is 3. The van der Waals surface area contributed by atoms with Crippen LogP contribution in [0, 0.1) is 6.92 Å². The Hall–Kier alpha value is -2.25. The summed E-state index contributed by atoms with van der Waals surface area (Å²) < 4.78 is 0. The summed E-state index contributed by atoms with van der Waals surface area (Å²) in [5, 5.41) is 13.1. The van der Waals surface area contributed by atoms with Gasteiger partial charge in [0.2, 0.25) is 0 Å². The lowest BCUT2D eigenvalue weighted by Gasteiger charge is -2.13. The van der Waals surface area contributed by atoms with Crippen LogP contribution in [-0.4, -0.2) is 33.4 Å². The Labute approximate surface area is 146 Å². The van der Waals surface area contributed by atoms with Gasteiger partial charge in [-0.3, -0.25) is 19.7 Å². The van der Waals surface area contributed by atoms with Crippen molar-refractivity contribution in [3.63, 3.8) is 0 Å². The molecule has 0 saturated heterocycles. The second-order valence-corrected chi connectivity index (χ2v) is 5.63. The van der Waals surface area contributed by atoms with Crippen LogP contribution in [0.15, 0.2) is 12.1 Å². The highest BCUT2D eigenvalue weighted by Crippen LogP contribution is 2.15. The third kappa shape index (κ3) is 3.63. The molecule has 128 valence electrons. The van der Waals surface area contributed by atoms with Crippen molar-refractivity contribution < 1.29 is 9.59 Å². The van der Waals surface area contributed by atoms with E-state index in [2.05, 4.69) is 25.8 Å². The summed E-state index contributed by atoms with van der Waals surface area (Å²) in [7, 11) is 0. The molecular weight excluding hydrogens is 330 g/mol. The number of nitrogens with zero attached hydrogens (tertiary/aromatic N) is 2. The van der Waals surface area contributed by atoms with Crippen molar-refractivity contribution in [1.82, 2.24) is 25.8 Å². The highest BCUT2D eigenvalue weighted by atomic mass is 35.5. The number of rotatable bonds is 4. The first-order valence-corrected chi connectivity index (χ1v) is 7.58. The predicted molar refractivity (Wildman–Crippen MR) is 91.4 cm³/mol. The minimum atomic E-state index is -0.221. The Balaban J connectivity index is 0.00000208. The van der Waals surface area contributed by atoms with Gasteiger partial charge in [0, 0.05) is 42.0 Å². The number of hydrogen-bond donors (Lipinski definition) is 3. The minimum absolute atomic E-state index is 0. The molecule has 0 radical (unpaired) electrons. The summed E-state index contributed by atoms with van der Waals surface area (Å²) in [4.78, 5) is 28.1. The van der Waals surface area contributed by atoms with Crippen LogP contribution >= 0.6 is 12.4 Å². The van der Waals surface area contributed by atoms with Crippen LogP contribution in [0.4, 0.5) is 0 Å². The SMILES string of the molecule is CC(=O)c1ccc(CNC(=O)c2n[nH]c3c2CNCC3)nc1C.Cl. The van der Waals surface area contributed by atoms with E-state index in [0.717, 1.165) is 24.2 Å². The molecule has 1 amide bonds. The maximum Gasteiger partial charge on any atom is 0.272 e. The summed E-state index contributed by atoms with van der Waals surface area (Å²) in [6, 6.07) is 3.50. The van der Waals surface area contributed by atoms with Gasteiger partial charge >= 0.3 is 0 Å². The molecule has 1 aliphatic heterocycles. The first-order valence-electron chi connectivity index (χ1n) is 7.58. The number of H-pyrrole nitrogens is 1. The van der Waals surface area contributed by atoms with Gasteiger partial charge in [-0.05, 0) is 26.0 Å². The van der Waals surface area contributed by atoms with E-state index >= 15 is 0 Å². The molecule has 0 bridgehead atoms. The van der Waals surface area contributed by atoms with E-state index in [0.29, 0.717) is 35.7 Å². The monoisotopic (exact) mass is 349 g/mol. The van der Waals surface area contributed by atoms with E-state index in [1.54, 1.807) is 19.1 Å². The average molecular weight is 350 g/mol. The first kappa shape index (κ1) is 18.1. The largest absolute Gasteiger partial charge is 0.345 e. The number of aromatic nitrogens is 3. The smallest absolute Gasteiger partial charge is 0.272 e. The zero-order chi connectivity index (χ0) is 16.4. The van der Waals surface area contributed by atoms with Crippen molar-refractivity contribution in [2.45, 2.75) is 33.4 Å². The molecule has 7 nitrogen and oxygen atoms in total. The van der Waals surface area contributed by atoms with Crippen LogP contribution in [0.25, 0.3) is 0 Å². The van der Waals surface area contributed by atoms with Gasteiger partial charge < -0.3 is 10.6 Å². The Bertz CT molecular complexity index is 772. The maximum atomic E-state index is 12.3. The van der Waals surface area contributed by atoms with Crippen LogP contribution < -0.4 is 10.6 Å². The number of hydrogen-bond acceptors (Lipinski definition) is 5. The molecule has 2 aromatic heterocycles. The highest BCUT2D eigenvalue weighted by molar-refractivity contribution is 5.95. The lowest BCUT2D eigenvalue weighted by molar-refractivity contribution is 0.0943. The number of pyridine rings is 1. The van der Waals surface area contributed by atoms with Crippen LogP contribution in [0.2, 0.25) is 0 Å². The molecule has 24 heavy (non-hydrogen) atoms. The van der Waals surface area contributed by atoms with Crippen LogP contribution in [-0.2, 0) is 19.5 Å². The summed E-state index contributed by atoms with van der Waals surface area (Å²) >= 11 is 0. The zero-order valence-corrected chi connectivity index (χ0v) is 14.4. The van der Waals surface area contributed by atoms with Gasteiger partial charge in [-0.15, -0.1) is 12.4 Å². The molecule has 0 aromatic carbocycles. The Morgan fingerprint density at radius 1 is 1.33 bits per heavy atom. The number of ketones is 1. The van der Waals surface area contributed by atoms with Crippen molar-refractivity contribution >= 4 is 24.1 Å². The van der Waals surface area contributed by atoms with E-state index < -0.39 is 0 Å². The summed E-state index contributed by atoms with van der Waals surface area (Å²) in [5.74, 6) is -0.234. The van der Waals surface area contributed by atoms with Crippen molar-refractivity contribution in [2.75, 3.05) is 6.54 Å². The Morgan fingerprint density at radius 2 is 2.12 bits per heavy atom. The zero-order valence-electron chi connectivity index (χ0n) is 13.6. The molecule has 8 heteroatoms. The Morgan fingerprint density at radius 3 is 2.83 bits per heavy atom. The molecule has 1 aliphatic rings. The van der Waals surface area contributed by atoms with Gasteiger partial charge in [0.25, 0.3) is 5.91 Å². The summed E-state index contributed by atoms with van der Waals surface area (Å²) in [5.41, 5.74) is 4.38. The number of carbonyl (C=O) groups is 2. The fourth-order valence-corrected chi connectivity index (χ4v) is 2.75. The van der Waals surface area contributed by atoms with Gasteiger partial charge in [-0.1, -0.05) is 0 Å². The molecule has 0 aliphatic carbocycles. The number of carbonyl (C=O) groups excluding carboxylic acids is 2. The third-order valence-corrected chi connectivity index (χ3v) is 3.97. The van der Waals surface area contributed by atoms with Crippen LogP contribution in [0.3, 0.4) is 0 Å². The summed E-state index contributed by atoms with van der Waals surface area (Å²) in [6.07, 6.45) is 0.850. The van der Waals surface area contributed by atoms with Crippen LogP contribution in [0.1, 0.15) is 50.4 Å². The second-order valence-electron chi connectivity index (χ2n) is 5.63. The molecule has 0 spiro atoms. The molecule has 3 N–H and O–H groups in total. The molecular formula is C16H20ClN5O2. The van der Waals surface area contributed by atoms with Gasteiger partial charge in [-0.2, -0.15) is 5.10 Å². The number of fused-ring (bicyclic) bond motifs is 1. The number of halogens is 1. The van der Waals surface area contributed by atoms with Crippen LogP contribution in [0.5, 0.6) is 0 Å². The Kier molecular flexibility index (Phi) is 5.69. The number of amides is 1. The van der Waals surface area contributed by atoms with Gasteiger partial charge in [0.05, 0.1) is 12.2 Å². The first-order chi connectivity index (χ1) is 11.1. The van der Waals surface area contributed by atoms with E-state index in [1.807, 2.05) is 0 Å². The predicted octanol–water partition coefficient (Wildman–Crippen LogP) is 1.31. The van der Waals surface area contributed by atoms with Crippen molar-refractivity contribution in [2.24, 2.45) is 0 Å².